The summed E-state index contributed by atoms with van der Waals surface area (Å²) in [7, 11) is 0. The Morgan fingerprint density at radius 3 is 2.59 bits per heavy atom. The predicted molar refractivity (Wildman–Crippen MR) is 119 cm³/mol. The van der Waals surface area contributed by atoms with Gasteiger partial charge in [-0.25, -0.2) is 4.39 Å². The number of carbonyl (C=O) groups excluding carboxylic acids is 1. The maximum atomic E-state index is 14.2. The molecule has 0 aliphatic heterocycles. The molecule has 4 aromatic rings. The van der Waals surface area contributed by atoms with Gasteiger partial charge in [0.1, 0.15) is 18.2 Å². The first-order valence-electron chi connectivity index (χ1n) is 9.89. The highest BCUT2D eigenvalue weighted by molar-refractivity contribution is 6.02. The van der Waals surface area contributed by atoms with Crippen molar-refractivity contribution in [2.45, 2.75) is 13.5 Å². The molecule has 1 heterocycles. The second-order valence-electron chi connectivity index (χ2n) is 6.97. The van der Waals surface area contributed by atoms with Crippen molar-refractivity contribution in [1.29, 1.82) is 0 Å². The molecule has 0 saturated carbocycles. The molecule has 0 atom stereocenters. The molecule has 0 fully saturated rings. The highest BCUT2D eigenvalue weighted by Gasteiger charge is 2.10. The van der Waals surface area contributed by atoms with Gasteiger partial charge in [-0.05, 0) is 64.9 Å². The average molecular weight is 429 g/mol. The fourth-order valence-corrected chi connectivity index (χ4v) is 2.97. The maximum Gasteiger partial charge on any atom is 0.248 e. The van der Waals surface area contributed by atoms with Crippen LogP contribution in [0.15, 0.2) is 78.9 Å². The van der Waals surface area contributed by atoms with Gasteiger partial charge in [-0.1, -0.05) is 42.5 Å². The van der Waals surface area contributed by atoms with Crippen LogP contribution in [0.4, 0.5) is 10.1 Å². The Labute approximate surface area is 184 Å². The van der Waals surface area contributed by atoms with Crippen molar-refractivity contribution in [1.82, 2.24) is 20.2 Å². The number of nitrogens with zero attached hydrogens (tertiary/aromatic N) is 4. The molecule has 3 aromatic carbocycles. The van der Waals surface area contributed by atoms with E-state index in [0.29, 0.717) is 18.1 Å². The summed E-state index contributed by atoms with van der Waals surface area (Å²) in [6.45, 7) is 2.20. The number of hydrogen-bond acceptors (Lipinski definition) is 5. The molecule has 0 radical (unpaired) electrons. The van der Waals surface area contributed by atoms with Crippen LogP contribution in [0.3, 0.4) is 0 Å². The van der Waals surface area contributed by atoms with E-state index in [0.717, 1.165) is 16.9 Å². The molecule has 8 heteroatoms. The van der Waals surface area contributed by atoms with Gasteiger partial charge in [0.15, 0.2) is 5.82 Å². The summed E-state index contributed by atoms with van der Waals surface area (Å²) >= 11 is 0. The molecule has 0 bridgehead atoms. The zero-order valence-electron chi connectivity index (χ0n) is 17.3. The molecule has 32 heavy (non-hydrogen) atoms. The Morgan fingerprint density at radius 1 is 1.09 bits per heavy atom. The van der Waals surface area contributed by atoms with Crippen molar-refractivity contribution in [2.24, 2.45) is 0 Å². The van der Waals surface area contributed by atoms with Crippen molar-refractivity contribution in [3.05, 3.63) is 102 Å². The maximum absolute atomic E-state index is 14.2. The van der Waals surface area contributed by atoms with Gasteiger partial charge in [0.05, 0.1) is 11.4 Å². The summed E-state index contributed by atoms with van der Waals surface area (Å²) in [5, 5.41) is 13.8. The van der Waals surface area contributed by atoms with Crippen LogP contribution in [0, 0.1) is 12.7 Å². The number of rotatable bonds is 7. The van der Waals surface area contributed by atoms with Gasteiger partial charge in [-0.3, -0.25) is 4.79 Å². The Hall–Kier alpha value is -4.33. The minimum absolute atomic E-state index is 0.0386. The van der Waals surface area contributed by atoms with E-state index in [2.05, 4.69) is 20.8 Å². The molecule has 1 amide bonds. The number of ether oxygens (including phenoxy) is 1. The lowest BCUT2D eigenvalue weighted by molar-refractivity contribution is -0.111. The molecule has 0 unspecified atom stereocenters. The third-order valence-corrected chi connectivity index (χ3v) is 4.63. The quantitative estimate of drug-likeness (QED) is 0.442. The number of amides is 1. The van der Waals surface area contributed by atoms with E-state index in [1.54, 1.807) is 13.0 Å². The van der Waals surface area contributed by atoms with Gasteiger partial charge < -0.3 is 10.1 Å². The second-order valence-corrected chi connectivity index (χ2v) is 6.97. The Balaban J connectivity index is 1.37. The summed E-state index contributed by atoms with van der Waals surface area (Å²) in [6, 6.07) is 21.5. The zero-order valence-corrected chi connectivity index (χ0v) is 17.3. The van der Waals surface area contributed by atoms with Gasteiger partial charge >= 0.3 is 0 Å². The van der Waals surface area contributed by atoms with Crippen LogP contribution < -0.4 is 10.1 Å². The summed E-state index contributed by atoms with van der Waals surface area (Å²) in [4.78, 5) is 12.3. The van der Waals surface area contributed by atoms with Crippen LogP contribution in [0.2, 0.25) is 0 Å². The van der Waals surface area contributed by atoms with E-state index in [9.17, 15) is 9.18 Å². The number of aryl methyl sites for hydroxylation is 1. The molecule has 4 rings (SSSR count). The van der Waals surface area contributed by atoms with Gasteiger partial charge in [-0.2, -0.15) is 4.68 Å². The third kappa shape index (κ3) is 5.23. The van der Waals surface area contributed by atoms with Crippen LogP contribution in [-0.4, -0.2) is 26.1 Å². The number of anilines is 1. The lowest BCUT2D eigenvalue weighted by Crippen LogP contribution is -2.10. The van der Waals surface area contributed by atoms with Crippen LogP contribution in [0.25, 0.3) is 11.8 Å². The largest absolute Gasteiger partial charge is 0.489 e. The second kappa shape index (κ2) is 9.65. The lowest BCUT2D eigenvalue weighted by Gasteiger charge is -2.08. The minimum atomic E-state index is -0.554. The van der Waals surface area contributed by atoms with Crippen molar-refractivity contribution in [3.8, 4) is 11.4 Å². The highest BCUT2D eigenvalue weighted by Crippen LogP contribution is 2.19. The number of benzene rings is 3. The molecule has 0 aliphatic carbocycles. The van der Waals surface area contributed by atoms with E-state index in [1.165, 1.54) is 29.0 Å². The predicted octanol–water partition coefficient (Wildman–Crippen LogP) is 4.34. The summed E-state index contributed by atoms with van der Waals surface area (Å²) < 4.78 is 21.4. The standard InChI is InChI=1S/C24H20FN5O2/c1-17-27-28-29-30(17)20-10-13-22(25)23(15-20)26-24(31)14-9-18-7-11-21(12-8-18)32-16-19-5-3-2-4-6-19/h2-15H,16H2,1H3,(H,26,31)/b14-9+. The average Bonchev–Trinajstić information content (AvgIpc) is 3.25. The normalized spacial score (nSPS) is 10.9. The molecule has 1 aromatic heterocycles. The van der Waals surface area contributed by atoms with E-state index >= 15 is 0 Å². The van der Waals surface area contributed by atoms with Crippen molar-refractivity contribution < 1.29 is 13.9 Å². The van der Waals surface area contributed by atoms with Crippen molar-refractivity contribution in [2.75, 3.05) is 5.32 Å². The minimum Gasteiger partial charge on any atom is -0.489 e. The lowest BCUT2D eigenvalue weighted by atomic mass is 10.2. The first-order chi connectivity index (χ1) is 15.6. The highest BCUT2D eigenvalue weighted by atomic mass is 19.1. The first kappa shape index (κ1) is 20.9. The molecule has 0 spiro atoms. The number of carbonyl (C=O) groups is 1. The number of nitrogens with one attached hydrogen (secondary N) is 1. The van der Waals surface area contributed by atoms with Crippen molar-refractivity contribution in [3.63, 3.8) is 0 Å². The first-order valence-corrected chi connectivity index (χ1v) is 9.89. The molecule has 160 valence electrons. The molecule has 0 saturated heterocycles. The van der Waals surface area contributed by atoms with E-state index < -0.39 is 11.7 Å². The van der Waals surface area contributed by atoms with Crippen molar-refractivity contribution >= 4 is 17.7 Å². The van der Waals surface area contributed by atoms with E-state index in [-0.39, 0.29) is 5.69 Å². The number of halogens is 1. The van der Waals surface area contributed by atoms with E-state index in [4.69, 9.17) is 4.74 Å². The smallest absolute Gasteiger partial charge is 0.248 e. The number of hydrogen-bond donors (Lipinski definition) is 1. The molecule has 0 aliphatic rings. The van der Waals surface area contributed by atoms with Crippen LogP contribution >= 0.6 is 0 Å². The topological polar surface area (TPSA) is 81.9 Å². The van der Waals surface area contributed by atoms with Crippen LogP contribution in [0.1, 0.15) is 17.0 Å². The third-order valence-electron chi connectivity index (χ3n) is 4.63. The van der Waals surface area contributed by atoms with Crippen LogP contribution in [0.5, 0.6) is 5.75 Å². The number of aromatic nitrogens is 4. The summed E-state index contributed by atoms with van der Waals surface area (Å²) in [6.07, 6.45) is 2.98. The van der Waals surface area contributed by atoms with E-state index in [1.807, 2.05) is 54.6 Å². The molecular weight excluding hydrogens is 409 g/mol. The summed E-state index contributed by atoms with van der Waals surface area (Å²) in [5.74, 6) is 0.261. The molecule has 1 N–H and O–H groups in total. The zero-order chi connectivity index (χ0) is 22.3. The Kier molecular flexibility index (Phi) is 6.31. The molecule has 7 nitrogen and oxygen atoms in total. The Bertz CT molecular complexity index is 1240. The molecular formula is C24H20FN5O2. The SMILES string of the molecule is Cc1nnnn1-c1ccc(F)c(NC(=O)/C=C/c2ccc(OCc3ccccc3)cc2)c1. The fraction of sp³-hybridized carbons (Fsp3) is 0.0833. The Morgan fingerprint density at radius 2 is 1.88 bits per heavy atom. The monoisotopic (exact) mass is 429 g/mol. The van der Waals surface area contributed by atoms with Gasteiger partial charge in [0.2, 0.25) is 5.91 Å². The van der Waals surface area contributed by atoms with Gasteiger partial charge in [-0.15, -0.1) is 5.10 Å². The summed E-state index contributed by atoms with van der Waals surface area (Å²) in [5.41, 5.74) is 2.47. The number of tetrazole rings is 1. The van der Waals surface area contributed by atoms with Crippen LogP contribution in [-0.2, 0) is 11.4 Å². The fourth-order valence-electron chi connectivity index (χ4n) is 2.97. The van der Waals surface area contributed by atoms with Gasteiger partial charge in [0, 0.05) is 6.08 Å². The van der Waals surface area contributed by atoms with Gasteiger partial charge in [0.25, 0.3) is 0 Å².